The van der Waals surface area contributed by atoms with Gasteiger partial charge in [0.25, 0.3) is 0 Å². The number of nitrogen functional groups attached to an aromatic ring is 1. The Morgan fingerprint density at radius 2 is 1.68 bits per heavy atom. The maximum Gasteiger partial charge on any atom is 0.236 e. The van der Waals surface area contributed by atoms with Crippen LogP contribution in [0.15, 0.2) is 42.5 Å². The Hall–Kier alpha value is -3.01. The Morgan fingerprint density at radius 3 is 2.44 bits per heavy atom. The molecule has 2 aliphatic rings. The fraction of sp³-hybridized carbons (Fsp3) is 0.480. The van der Waals surface area contributed by atoms with E-state index in [0.717, 1.165) is 44.6 Å². The zero-order valence-electron chi connectivity index (χ0n) is 19.9. The van der Waals surface area contributed by atoms with Crippen LogP contribution in [0.2, 0.25) is 0 Å². The van der Waals surface area contributed by atoms with E-state index in [1.54, 1.807) is 0 Å². The molecule has 2 aromatic carbocycles. The van der Waals surface area contributed by atoms with E-state index in [2.05, 4.69) is 57.1 Å². The summed E-state index contributed by atoms with van der Waals surface area (Å²) in [5, 5.41) is 2.36. The molecule has 2 saturated heterocycles. The average Bonchev–Trinajstić information content (AvgIpc) is 3.38. The van der Waals surface area contributed by atoms with Gasteiger partial charge in [0.05, 0.1) is 13.2 Å². The highest BCUT2D eigenvalue weighted by Crippen LogP contribution is 2.28. The van der Waals surface area contributed by atoms with Gasteiger partial charge in [-0.25, -0.2) is 0 Å². The number of likely N-dealkylation sites (tertiary alicyclic amines) is 1. The van der Waals surface area contributed by atoms with Gasteiger partial charge in [0.15, 0.2) is 6.29 Å². The molecule has 3 aromatic rings. The highest BCUT2D eigenvalue weighted by Gasteiger charge is 2.28. The SMILES string of the molecule is CN1CCC(N(CCC2OCCO2)c2nc(N)nc(N(C)c3ccc4ccccc4c3)n2)CC1. The van der Waals surface area contributed by atoms with E-state index in [1.807, 2.05) is 24.1 Å². The van der Waals surface area contributed by atoms with Crippen LogP contribution in [0.5, 0.6) is 0 Å². The Labute approximate surface area is 200 Å². The minimum atomic E-state index is -0.173. The molecule has 9 heteroatoms. The number of nitrogens with two attached hydrogens (primary N) is 1. The van der Waals surface area contributed by atoms with Gasteiger partial charge in [-0.05, 0) is 55.9 Å². The van der Waals surface area contributed by atoms with Gasteiger partial charge < -0.3 is 29.9 Å². The van der Waals surface area contributed by atoms with Crippen LogP contribution in [0, 0.1) is 0 Å². The molecule has 0 radical (unpaired) electrons. The van der Waals surface area contributed by atoms with Crippen molar-refractivity contribution in [1.82, 2.24) is 19.9 Å². The number of piperidine rings is 1. The van der Waals surface area contributed by atoms with Crippen molar-refractivity contribution in [3.63, 3.8) is 0 Å². The monoisotopic (exact) mass is 463 g/mol. The molecule has 34 heavy (non-hydrogen) atoms. The highest BCUT2D eigenvalue weighted by molar-refractivity contribution is 5.86. The third-order valence-corrected chi connectivity index (χ3v) is 6.73. The van der Waals surface area contributed by atoms with Crippen LogP contribution in [0.4, 0.5) is 23.5 Å². The van der Waals surface area contributed by atoms with Crippen LogP contribution in [-0.4, -0.2) is 79.1 Å². The zero-order valence-corrected chi connectivity index (χ0v) is 19.9. The largest absolute Gasteiger partial charge is 0.368 e. The van der Waals surface area contributed by atoms with Crippen LogP contribution in [0.25, 0.3) is 10.8 Å². The number of fused-ring (bicyclic) bond motifs is 1. The molecular weight excluding hydrogens is 430 g/mol. The number of benzene rings is 2. The Balaban J connectivity index is 1.43. The molecule has 3 heterocycles. The molecule has 2 aliphatic heterocycles. The number of anilines is 4. The second kappa shape index (κ2) is 10.1. The van der Waals surface area contributed by atoms with Gasteiger partial charge in [0.1, 0.15) is 0 Å². The van der Waals surface area contributed by atoms with Gasteiger partial charge in [0, 0.05) is 31.7 Å². The normalized spacial score (nSPS) is 17.9. The maximum absolute atomic E-state index is 6.20. The fourth-order valence-corrected chi connectivity index (χ4v) is 4.72. The van der Waals surface area contributed by atoms with E-state index in [-0.39, 0.29) is 12.2 Å². The number of hydrogen-bond donors (Lipinski definition) is 1. The number of rotatable bonds is 7. The summed E-state index contributed by atoms with van der Waals surface area (Å²) in [4.78, 5) is 20.5. The van der Waals surface area contributed by atoms with Crippen molar-refractivity contribution in [3.05, 3.63) is 42.5 Å². The molecule has 9 nitrogen and oxygen atoms in total. The van der Waals surface area contributed by atoms with Crippen LogP contribution in [0.1, 0.15) is 19.3 Å². The lowest BCUT2D eigenvalue weighted by molar-refractivity contribution is -0.0452. The molecule has 180 valence electrons. The standard InChI is InChI=1S/C25H33N7O2/c1-30-12-9-20(10-13-30)32(14-11-22-33-15-16-34-22)25-28-23(26)27-24(29-25)31(2)21-8-7-18-5-3-4-6-19(18)17-21/h3-8,17,20,22H,9-16H2,1-2H3,(H2,26,27,28,29). The minimum Gasteiger partial charge on any atom is -0.368 e. The molecule has 0 amide bonds. The number of hydrogen-bond acceptors (Lipinski definition) is 9. The smallest absolute Gasteiger partial charge is 0.236 e. The first-order valence-electron chi connectivity index (χ1n) is 12.0. The molecular formula is C25H33N7O2. The van der Waals surface area contributed by atoms with Crippen molar-refractivity contribution in [2.24, 2.45) is 0 Å². The van der Waals surface area contributed by atoms with Crippen molar-refractivity contribution in [3.8, 4) is 0 Å². The Bertz CT molecular complexity index is 1110. The predicted molar refractivity (Wildman–Crippen MR) is 134 cm³/mol. The van der Waals surface area contributed by atoms with Gasteiger partial charge in [0.2, 0.25) is 17.8 Å². The van der Waals surface area contributed by atoms with E-state index in [4.69, 9.17) is 20.2 Å². The first-order valence-corrected chi connectivity index (χ1v) is 12.0. The quantitative estimate of drug-likeness (QED) is 0.567. The van der Waals surface area contributed by atoms with Crippen molar-refractivity contribution in [2.75, 3.05) is 62.5 Å². The van der Waals surface area contributed by atoms with E-state index < -0.39 is 0 Å². The molecule has 0 aliphatic carbocycles. The van der Waals surface area contributed by atoms with E-state index in [1.165, 1.54) is 10.8 Å². The maximum atomic E-state index is 6.20. The van der Waals surface area contributed by atoms with Crippen molar-refractivity contribution >= 4 is 34.3 Å². The lowest BCUT2D eigenvalue weighted by Crippen LogP contribution is -2.45. The van der Waals surface area contributed by atoms with Crippen LogP contribution in [0.3, 0.4) is 0 Å². The highest BCUT2D eigenvalue weighted by atomic mass is 16.7. The second-order valence-electron chi connectivity index (χ2n) is 9.07. The summed E-state index contributed by atoms with van der Waals surface area (Å²) in [7, 11) is 4.13. The molecule has 0 unspecified atom stereocenters. The third kappa shape index (κ3) is 5.06. The molecule has 1 aromatic heterocycles. The predicted octanol–water partition coefficient (Wildman–Crippen LogP) is 3.04. The number of nitrogens with zero attached hydrogens (tertiary/aromatic N) is 6. The number of aromatic nitrogens is 3. The van der Waals surface area contributed by atoms with Gasteiger partial charge >= 0.3 is 0 Å². The van der Waals surface area contributed by atoms with E-state index in [0.29, 0.717) is 31.2 Å². The fourth-order valence-electron chi connectivity index (χ4n) is 4.72. The Morgan fingerprint density at radius 1 is 0.971 bits per heavy atom. The van der Waals surface area contributed by atoms with Crippen LogP contribution >= 0.6 is 0 Å². The summed E-state index contributed by atoms with van der Waals surface area (Å²) in [5.41, 5.74) is 7.19. The lowest BCUT2D eigenvalue weighted by atomic mass is 10.0. The topological polar surface area (TPSA) is 92.9 Å². The summed E-state index contributed by atoms with van der Waals surface area (Å²) in [5.74, 6) is 1.37. The minimum absolute atomic E-state index is 0.173. The van der Waals surface area contributed by atoms with Crippen LogP contribution < -0.4 is 15.5 Å². The van der Waals surface area contributed by atoms with Gasteiger partial charge in [-0.3, -0.25) is 0 Å². The zero-order chi connectivity index (χ0) is 23.5. The molecule has 0 saturated carbocycles. The summed E-state index contributed by atoms with van der Waals surface area (Å²) in [6.45, 7) is 4.13. The molecule has 0 bridgehead atoms. The van der Waals surface area contributed by atoms with Crippen molar-refractivity contribution < 1.29 is 9.47 Å². The second-order valence-corrected chi connectivity index (χ2v) is 9.07. The summed E-state index contributed by atoms with van der Waals surface area (Å²) in [6, 6.07) is 15.0. The summed E-state index contributed by atoms with van der Waals surface area (Å²) >= 11 is 0. The van der Waals surface area contributed by atoms with Gasteiger partial charge in [-0.1, -0.05) is 30.3 Å². The third-order valence-electron chi connectivity index (χ3n) is 6.73. The summed E-state index contributed by atoms with van der Waals surface area (Å²) in [6.07, 6.45) is 2.68. The van der Waals surface area contributed by atoms with Crippen LogP contribution in [-0.2, 0) is 9.47 Å². The van der Waals surface area contributed by atoms with Crippen molar-refractivity contribution in [2.45, 2.75) is 31.6 Å². The van der Waals surface area contributed by atoms with Gasteiger partial charge in [-0.15, -0.1) is 0 Å². The van der Waals surface area contributed by atoms with Crippen molar-refractivity contribution in [1.29, 1.82) is 0 Å². The molecule has 5 rings (SSSR count). The number of ether oxygens (including phenoxy) is 2. The lowest BCUT2D eigenvalue weighted by Gasteiger charge is -2.37. The first-order chi connectivity index (χ1) is 16.6. The van der Waals surface area contributed by atoms with E-state index >= 15 is 0 Å². The molecule has 2 N–H and O–H groups in total. The molecule has 0 atom stereocenters. The summed E-state index contributed by atoms with van der Waals surface area (Å²) < 4.78 is 11.4. The Kier molecular flexibility index (Phi) is 6.75. The van der Waals surface area contributed by atoms with E-state index in [9.17, 15) is 0 Å². The molecule has 0 spiro atoms. The molecule has 2 fully saturated rings. The first kappa shape index (κ1) is 22.8. The average molecular weight is 464 g/mol. The van der Waals surface area contributed by atoms with Gasteiger partial charge in [-0.2, -0.15) is 15.0 Å².